The van der Waals surface area contributed by atoms with E-state index in [1.807, 2.05) is 50.4 Å². The maximum Gasteiger partial charge on any atom is 0.261 e. The second-order valence-electron chi connectivity index (χ2n) is 4.74. The van der Waals surface area contributed by atoms with Crippen LogP contribution in [0.1, 0.15) is 18.1 Å². The highest BCUT2D eigenvalue weighted by atomic mass is 32.2. The van der Waals surface area contributed by atoms with E-state index in [0.29, 0.717) is 5.69 Å². The van der Waals surface area contributed by atoms with E-state index in [2.05, 4.69) is 4.72 Å². The van der Waals surface area contributed by atoms with Gasteiger partial charge >= 0.3 is 0 Å². The van der Waals surface area contributed by atoms with Crippen molar-refractivity contribution in [2.45, 2.75) is 30.1 Å². The van der Waals surface area contributed by atoms with Crippen molar-refractivity contribution in [3.05, 3.63) is 53.6 Å². The molecule has 3 nitrogen and oxygen atoms in total. The Morgan fingerprint density at radius 2 is 1.76 bits per heavy atom. The molecule has 0 heterocycles. The topological polar surface area (TPSA) is 46.2 Å². The van der Waals surface area contributed by atoms with E-state index in [-0.39, 0.29) is 4.90 Å². The molecule has 0 bridgehead atoms. The van der Waals surface area contributed by atoms with Crippen LogP contribution in [0.25, 0.3) is 0 Å². The van der Waals surface area contributed by atoms with Crippen LogP contribution in [0.3, 0.4) is 0 Å². The van der Waals surface area contributed by atoms with Gasteiger partial charge in [0.15, 0.2) is 0 Å². The number of thioether (sulfide) groups is 1. The van der Waals surface area contributed by atoms with E-state index in [1.165, 1.54) is 0 Å². The smallest absolute Gasteiger partial charge is 0.261 e. The Kier molecular flexibility index (Phi) is 4.96. The fourth-order valence-electron chi connectivity index (χ4n) is 2.12. The van der Waals surface area contributed by atoms with Gasteiger partial charge in [0, 0.05) is 4.90 Å². The zero-order valence-corrected chi connectivity index (χ0v) is 14.0. The zero-order valence-electron chi connectivity index (χ0n) is 12.4. The number of para-hydroxylation sites is 1. The highest BCUT2D eigenvalue weighted by Gasteiger charge is 2.16. The third kappa shape index (κ3) is 3.60. The molecular formula is C16H19NO2S2. The van der Waals surface area contributed by atoms with Crippen LogP contribution >= 0.6 is 11.8 Å². The summed E-state index contributed by atoms with van der Waals surface area (Å²) in [7, 11) is -3.55. The summed E-state index contributed by atoms with van der Waals surface area (Å²) in [5.74, 6) is 0. The Morgan fingerprint density at radius 1 is 1.10 bits per heavy atom. The van der Waals surface area contributed by atoms with E-state index in [1.54, 1.807) is 23.9 Å². The van der Waals surface area contributed by atoms with Crippen LogP contribution in [-0.2, 0) is 16.4 Å². The predicted octanol–water partition coefficient (Wildman–Crippen LogP) is 4.08. The van der Waals surface area contributed by atoms with Crippen molar-refractivity contribution in [1.29, 1.82) is 0 Å². The number of aryl methyl sites for hydroxylation is 2. The van der Waals surface area contributed by atoms with Crippen molar-refractivity contribution in [1.82, 2.24) is 0 Å². The summed E-state index contributed by atoms with van der Waals surface area (Å²) >= 11 is 1.59. The maximum atomic E-state index is 12.5. The van der Waals surface area contributed by atoms with Crippen LogP contribution < -0.4 is 4.72 Å². The van der Waals surface area contributed by atoms with E-state index >= 15 is 0 Å². The first-order valence-electron chi connectivity index (χ1n) is 6.73. The Bertz CT molecular complexity index is 722. The summed E-state index contributed by atoms with van der Waals surface area (Å²) in [6, 6.07) is 12.7. The lowest BCUT2D eigenvalue weighted by Crippen LogP contribution is -2.15. The molecule has 0 aliphatic heterocycles. The van der Waals surface area contributed by atoms with Crippen LogP contribution in [-0.4, -0.2) is 14.7 Å². The predicted molar refractivity (Wildman–Crippen MR) is 89.6 cm³/mol. The number of hydrogen-bond donors (Lipinski definition) is 1. The van der Waals surface area contributed by atoms with Gasteiger partial charge < -0.3 is 0 Å². The normalized spacial score (nSPS) is 11.4. The summed E-state index contributed by atoms with van der Waals surface area (Å²) in [5, 5.41) is 0. The molecule has 0 aromatic heterocycles. The molecule has 21 heavy (non-hydrogen) atoms. The quantitative estimate of drug-likeness (QED) is 0.844. The second-order valence-corrected chi connectivity index (χ2v) is 7.31. The number of benzene rings is 2. The number of hydrogen-bond acceptors (Lipinski definition) is 3. The molecule has 0 amide bonds. The van der Waals surface area contributed by atoms with Crippen molar-refractivity contribution in [3.63, 3.8) is 0 Å². The molecule has 2 aromatic rings. The molecule has 112 valence electrons. The summed E-state index contributed by atoms with van der Waals surface area (Å²) in [6.45, 7) is 3.92. The van der Waals surface area contributed by atoms with Crippen molar-refractivity contribution in [2.75, 3.05) is 11.0 Å². The molecule has 0 radical (unpaired) electrons. The Labute approximate surface area is 130 Å². The average Bonchev–Trinajstić information content (AvgIpc) is 2.49. The molecular weight excluding hydrogens is 302 g/mol. The van der Waals surface area contributed by atoms with E-state index in [4.69, 9.17) is 0 Å². The van der Waals surface area contributed by atoms with Gasteiger partial charge in [-0.3, -0.25) is 4.72 Å². The Hall–Kier alpha value is -1.46. The molecule has 0 spiro atoms. The van der Waals surface area contributed by atoms with Crippen molar-refractivity contribution in [3.8, 4) is 0 Å². The van der Waals surface area contributed by atoms with Gasteiger partial charge in [-0.2, -0.15) is 0 Å². The van der Waals surface area contributed by atoms with Crippen LogP contribution in [0.2, 0.25) is 0 Å². The lowest BCUT2D eigenvalue weighted by molar-refractivity contribution is 0.601. The number of anilines is 1. The molecule has 0 aliphatic rings. The fourth-order valence-corrected chi connectivity index (χ4v) is 3.70. The molecule has 2 aromatic carbocycles. The minimum absolute atomic E-state index is 0.283. The van der Waals surface area contributed by atoms with E-state index in [0.717, 1.165) is 22.4 Å². The molecule has 0 saturated carbocycles. The van der Waals surface area contributed by atoms with Gasteiger partial charge in [-0.25, -0.2) is 8.42 Å². The van der Waals surface area contributed by atoms with Gasteiger partial charge in [0.05, 0.1) is 10.6 Å². The summed E-state index contributed by atoms with van der Waals surface area (Å²) < 4.78 is 27.7. The third-order valence-corrected chi connectivity index (χ3v) is 5.46. The minimum atomic E-state index is -3.55. The molecule has 0 aliphatic carbocycles. The first-order chi connectivity index (χ1) is 9.97. The van der Waals surface area contributed by atoms with Crippen LogP contribution in [0.5, 0.6) is 0 Å². The van der Waals surface area contributed by atoms with Crippen molar-refractivity contribution >= 4 is 27.5 Å². The summed E-state index contributed by atoms with van der Waals surface area (Å²) in [4.78, 5) is 1.32. The van der Waals surface area contributed by atoms with Gasteiger partial charge in [-0.15, -0.1) is 11.8 Å². The van der Waals surface area contributed by atoms with Gasteiger partial charge in [0.25, 0.3) is 10.0 Å². The third-order valence-electron chi connectivity index (χ3n) is 3.35. The van der Waals surface area contributed by atoms with E-state index < -0.39 is 10.0 Å². The summed E-state index contributed by atoms with van der Waals surface area (Å²) in [6.07, 6.45) is 2.74. The molecule has 0 atom stereocenters. The minimum Gasteiger partial charge on any atom is -0.279 e. The highest BCUT2D eigenvalue weighted by molar-refractivity contribution is 7.98. The van der Waals surface area contributed by atoms with Gasteiger partial charge in [-0.05, 0) is 55.0 Å². The molecule has 2 rings (SSSR count). The second kappa shape index (κ2) is 6.54. The van der Waals surface area contributed by atoms with E-state index in [9.17, 15) is 8.42 Å². The average molecular weight is 321 g/mol. The molecule has 0 saturated heterocycles. The van der Waals surface area contributed by atoms with Gasteiger partial charge in [-0.1, -0.05) is 25.1 Å². The standard InChI is InChI=1S/C16H19NO2S2/c1-4-13-7-5-6-12(2)16(13)17-21(18,19)15-10-8-14(20-3)9-11-15/h5-11,17H,4H2,1-3H3. The lowest BCUT2D eigenvalue weighted by Gasteiger charge is -2.14. The first kappa shape index (κ1) is 15.9. The lowest BCUT2D eigenvalue weighted by atomic mass is 10.1. The van der Waals surface area contributed by atoms with Crippen molar-refractivity contribution < 1.29 is 8.42 Å². The largest absolute Gasteiger partial charge is 0.279 e. The molecule has 0 fully saturated rings. The number of rotatable bonds is 5. The molecule has 0 unspecified atom stereocenters. The zero-order chi connectivity index (χ0) is 15.5. The first-order valence-corrected chi connectivity index (χ1v) is 9.44. The molecule has 1 N–H and O–H groups in total. The Balaban J connectivity index is 2.37. The fraction of sp³-hybridized carbons (Fsp3) is 0.250. The van der Waals surface area contributed by atoms with Gasteiger partial charge in [0.1, 0.15) is 0 Å². The van der Waals surface area contributed by atoms with Crippen LogP contribution in [0, 0.1) is 6.92 Å². The SMILES string of the molecule is CCc1cccc(C)c1NS(=O)(=O)c1ccc(SC)cc1. The monoisotopic (exact) mass is 321 g/mol. The van der Waals surface area contributed by atoms with Gasteiger partial charge in [0.2, 0.25) is 0 Å². The molecule has 5 heteroatoms. The number of sulfonamides is 1. The van der Waals surface area contributed by atoms with Crippen LogP contribution in [0.4, 0.5) is 5.69 Å². The Morgan fingerprint density at radius 3 is 2.33 bits per heavy atom. The highest BCUT2D eigenvalue weighted by Crippen LogP contribution is 2.25. The number of nitrogens with one attached hydrogen (secondary N) is 1. The van der Waals surface area contributed by atoms with Crippen LogP contribution in [0.15, 0.2) is 52.3 Å². The maximum absolute atomic E-state index is 12.5. The van der Waals surface area contributed by atoms with Crippen molar-refractivity contribution in [2.24, 2.45) is 0 Å². The summed E-state index contributed by atoms with van der Waals surface area (Å²) in [5.41, 5.74) is 2.62.